The number of hydrogen-bond donors (Lipinski definition) is 7. The van der Waals surface area contributed by atoms with Crippen molar-refractivity contribution < 1.29 is 58.5 Å². The minimum absolute atomic E-state index is 0.125. The van der Waals surface area contributed by atoms with Gasteiger partial charge in [0.15, 0.2) is 6.20 Å². The summed E-state index contributed by atoms with van der Waals surface area (Å²) in [7, 11) is -11.1. The molecule has 0 aliphatic carbocycles. The normalized spacial score (nSPS) is 33.5. The van der Waals surface area contributed by atoms with Crippen LogP contribution in [0.4, 0.5) is 4.39 Å². The van der Waals surface area contributed by atoms with Crippen LogP contribution in [0.1, 0.15) is 13.1 Å². The van der Waals surface area contributed by atoms with Crippen LogP contribution in [-0.2, 0) is 29.3 Å². The van der Waals surface area contributed by atoms with E-state index in [9.17, 15) is 33.3 Å². The lowest BCUT2D eigenvalue weighted by Crippen LogP contribution is -2.43. The Hall–Kier alpha value is -1.29. The molecule has 0 radical (unpaired) electrons. The van der Waals surface area contributed by atoms with Crippen molar-refractivity contribution in [3.05, 3.63) is 32.6 Å². The standard InChI is InChI=1S/C10H15FN2O13P2/c11-10(3-24-28(22,23)26-27(19,20)21)6(16)5(15)8(25-10)13-1-4(2-14)7(17)12-9(13)18/h1,5-6,8,14-16H,2-3H2,(H,22,23)(H,12,17,18)(H2,19,20,21)/t5-,6+,8-,10-/m1/s1/i8D. The number of halogens is 1. The molecule has 28 heavy (non-hydrogen) atoms. The van der Waals surface area contributed by atoms with Crippen molar-refractivity contribution in [2.45, 2.75) is 30.9 Å². The van der Waals surface area contributed by atoms with Crippen LogP contribution in [-0.4, -0.2) is 64.2 Å². The van der Waals surface area contributed by atoms with Crippen molar-refractivity contribution in [3.8, 4) is 0 Å². The molecule has 1 unspecified atom stereocenters. The van der Waals surface area contributed by atoms with Crippen molar-refractivity contribution >= 4 is 15.6 Å². The highest BCUT2D eigenvalue weighted by molar-refractivity contribution is 7.60. The molecule has 1 fully saturated rings. The molecule has 2 heterocycles. The van der Waals surface area contributed by atoms with E-state index in [4.69, 9.17) is 21.2 Å². The molecular formula is C10H15FN2O13P2. The first kappa shape index (κ1) is 21.4. The summed E-state index contributed by atoms with van der Waals surface area (Å²) in [5.41, 5.74) is -2.96. The van der Waals surface area contributed by atoms with Crippen LogP contribution in [0.2, 0.25) is 0 Å². The maximum atomic E-state index is 14.9. The van der Waals surface area contributed by atoms with Gasteiger partial charge in [-0.15, -0.1) is 0 Å². The fourth-order valence-electron chi connectivity index (χ4n) is 2.09. The number of phosphoric ester groups is 1. The lowest BCUT2D eigenvalue weighted by Gasteiger charge is -2.23. The van der Waals surface area contributed by atoms with E-state index in [2.05, 4.69) is 13.6 Å². The van der Waals surface area contributed by atoms with Gasteiger partial charge in [0, 0.05) is 6.20 Å². The average Bonchev–Trinajstić information content (AvgIpc) is 2.73. The summed E-state index contributed by atoms with van der Waals surface area (Å²) in [6, 6.07) is 0. The highest BCUT2D eigenvalue weighted by Crippen LogP contribution is 2.58. The third-order valence-electron chi connectivity index (χ3n) is 3.33. The molecule has 1 saturated heterocycles. The Morgan fingerprint density at radius 1 is 1.36 bits per heavy atom. The Labute approximate surface area is 154 Å². The predicted octanol–water partition coefficient (Wildman–Crippen LogP) is -2.83. The van der Waals surface area contributed by atoms with Crippen molar-refractivity contribution in [3.63, 3.8) is 0 Å². The van der Waals surface area contributed by atoms with Crippen LogP contribution in [0.15, 0.2) is 15.8 Å². The SMILES string of the molecule is [2H][C@@]1(n2cc(CO)c(=O)[nH]c2=O)O[C@](F)(COP(=O)(O)OP(=O)(O)O)[C@@H](O)[C@H]1O. The second-order valence-corrected chi connectivity index (χ2v) is 8.20. The van der Waals surface area contributed by atoms with Crippen molar-refractivity contribution in [2.24, 2.45) is 0 Å². The number of hydrogen-bond acceptors (Lipinski definition) is 10. The van der Waals surface area contributed by atoms with Gasteiger partial charge < -0.3 is 34.7 Å². The topological polar surface area (TPSA) is 238 Å². The first-order chi connectivity index (χ1) is 13.0. The zero-order chi connectivity index (χ0) is 22.4. The number of aromatic amines is 1. The minimum Gasteiger partial charge on any atom is -0.391 e. The maximum Gasteiger partial charge on any atom is 0.481 e. The number of aliphatic hydroxyl groups is 3. The zero-order valence-electron chi connectivity index (χ0n) is 14.4. The maximum absolute atomic E-state index is 14.9. The van der Waals surface area contributed by atoms with Crippen LogP contribution >= 0.6 is 15.6 Å². The zero-order valence-corrected chi connectivity index (χ0v) is 15.2. The van der Waals surface area contributed by atoms with E-state index in [1.165, 1.54) is 0 Å². The summed E-state index contributed by atoms with van der Waals surface area (Å²) in [5, 5.41) is 28.9. The monoisotopic (exact) mass is 453 g/mol. The summed E-state index contributed by atoms with van der Waals surface area (Å²) in [4.78, 5) is 51.2. The Kier molecular flexibility index (Phi) is 6.01. The molecule has 7 N–H and O–H groups in total. The van der Waals surface area contributed by atoms with Gasteiger partial charge in [-0.1, -0.05) is 0 Å². The molecule has 1 aromatic rings. The van der Waals surface area contributed by atoms with Crippen LogP contribution in [0.3, 0.4) is 0 Å². The van der Waals surface area contributed by atoms with E-state index in [1.54, 1.807) is 4.98 Å². The van der Waals surface area contributed by atoms with E-state index in [0.29, 0.717) is 6.20 Å². The van der Waals surface area contributed by atoms with Crippen LogP contribution in [0.5, 0.6) is 0 Å². The molecule has 0 aromatic carbocycles. The Morgan fingerprint density at radius 3 is 2.50 bits per heavy atom. The van der Waals surface area contributed by atoms with E-state index in [0.717, 1.165) is 0 Å². The molecule has 1 aromatic heterocycles. The largest absolute Gasteiger partial charge is 0.481 e. The van der Waals surface area contributed by atoms with Gasteiger partial charge in [0.25, 0.3) is 11.4 Å². The van der Waals surface area contributed by atoms with Gasteiger partial charge >= 0.3 is 21.3 Å². The van der Waals surface area contributed by atoms with E-state index >= 15 is 0 Å². The highest BCUT2D eigenvalue weighted by atomic mass is 31.3. The molecular weight excluding hydrogens is 437 g/mol. The summed E-state index contributed by atoms with van der Waals surface area (Å²) in [5.74, 6) is -3.66. The molecule has 2 rings (SSSR count). The number of rotatable bonds is 7. The average molecular weight is 453 g/mol. The number of nitrogens with zero attached hydrogens (tertiary/aromatic N) is 1. The quantitative estimate of drug-likeness (QED) is 0.206. The van der Waals surface area contributed by atoms with Gasteiger partial charge in [-0.3, -0.25) is 18.9 Å². The lowest BCUT2D eigenvalue weighted by molar-refractivity contribution is -0.205. The van der Waals surface area contributed by atoms with Crippen LogP contribution in [0.25, 0.3) is 0 Å². The second-order valence-electron chi connectivity index (χ2n) is 5.37. The fraction of sp³-hybridized carbons (Fsp3) is 0.600. The molecule has 15 nitrogen and oxygen atoms in total. The van der Waals surface area contributed by atoms with Gasteiger partial charge in [-0.05, 0) is 0 Å². The van der Waals surface area contributed by atoms with Gasteiger partial charge in [-0.2, -0.15) is 4.31 Å². The molecule has 0 saturated carbocycles. The molecule has 5 atom stereocenters. The lowest BCUT2D eigenvalue weighted by atomic mass is 10.1. The summed E-state index contributed by atoms with van der Waals surface area (Å²) >= 11 is 0. The number of nitrogens with one attached hydrogen (secondary N) is 1. The van der Waals surface area contributed by atoms with Gasteiger partial charge in [0.2, 0.25) is 0 Å². The number of H-pyrrole nitrogens is 1. The van der Waals surface area contributed by atoms with Gasteiger partial charge in [0.1, 0.15) is 18.8 Å². The third-order valence-corrected chi connectivity index (χ3v) is 5.46. The summed E-state index contributed by atoms with van der Waals surface area (Å²) in [6.07, 6.45) is -7.85. The van der Waals surface area contributed by atoms with Crippen molar-refractivity contribution in [2.75, 3.05) is 6.61 Å². The Bertz CT molecular complexity index is 995. The minimum atomic E-state index is -5.58. The molecule has 1 aliphatic heterocycles. The number of phosphoric acid groups is 2. The molecule has 0 bridgehead atoms. The van der Waals surface area contributed by atoms with Crippen LogP contribution < -0.4 is 11.2 Å². The van der Waals surface area contributed by atoms with E-state index in [1.807, 2.05) is 0 Å². The molecule has 18 heteroatoms. The van der Waals surface area contributed by atoms with Crippen molar-refractivity contribution in [1.29, 1.82) is 0 Å². The molecule has 1 aliphatic rings. The van der Waals surface area contributed by atoms with Gasteiger partial charge in [-0.25, -0.2) is 18.3 Å². The van der Waals surface area contributed by atoms with E-state index < -0.39 is 69.9 Å². The highest BCUT2D eigenvalue weighted by Gasteiger charge is 2.57. The summed E-state index contributed by atoms with van der Waals surface area (Å²) in [6.45, 7) is -2.72. The fourth-order valence-corrected chi connectivity index (χ4v) is 3.69. The first-order valence-corrected chi connectivity index (χ1v) is 10.0. The Balaban J connectivity index is 2.36. The van der Waals surface area contributed by atoms with Gasteiger partial charge in [0.05, 0.1) is 13.5 Å². The summed E-state index contributed by atoms with van der Waals surface area (Å²) < 4.78 is 57.0. The Morgan fingerprint density at radius 2 is 1.96 bits per heavy atom. The molecule has 0 amide bonds. The van der Waals surface area contributed by atoms with E-state index in [-0.39, 0.29) is 4.57 Å². The number of ether oxygens (including phenoxy) is 1. The first-order valence-electron chi connectivity index (χ1n) is 7.50. The smallest absolute Gasteiger partial charge is 0.391 e. The number of aliphatic hydroxyl groups excluding tert-OH is 3. The second kappa shape index (κ2) is 7.85. The third kappa shape index (κ3) is 5.00. The molecule has 0 spiro atoms. The van der Waals surface area contributed by atoms with Crippen molar-refractivity contribution in [1.82, 2.24) is 9.55 Å². The molecule has 160 valence electrons. The number of aromatic nitrogens is 2. The van der Waals surface area contributed by atoms with Crippen LogP contribution in [0, 0.1) is 0 Å². The number of alkyl halides is 1. The predicted molar refractivity (Wildman–Crippen MR) is 82.1 cm³/mol.